The van der Waals surface area contributed by atoms with E-state index in [2.05, 4.69) is 16.7 Å². The lowest BCUT2D eigenvalue weighted by Crippen LogP contribution is -2.27. The van der Waals surface area contributed by atoms with Crippen LogP contribution in [-0.2, 0) is 6.54 Å². The Bertz CT molecular complexity index is 270. The molecule has 0 aromatic heterocycles. The highest BCUT2D eigenvalue weighted by molar-refractivity contribution is 5.70. The molecule has 0 unspecified atom stereocenters. The molecule has 0 saturated carbocycles. The Morgan fingerprint density at radius 1 is 1.36 bits per heavy atom. The molecule has 0 amide bonds. The molecular formula is C8H11N3. The van der Waals surface area contributed by atoms with Crippen LogP contribution in [0.5, 0.6) is 0 Å². The standard InChI is InChI=1S/C8H11N3/c9-7-3-1-2-6-4-10-5-11-8(6)7/h1-3,10-11H,4-5,9H2. The van der Waals surface area contributed by atoms with Crippen LogP contribution in [0.3, 0.4) is 0 Å². The quantitative estimate of drug-likeness (QED) is 0.477. The van der Waals surface area contributed by atoms with Gasteiger partial charge in [-0.2, -0.15) is 0 Å². The van der Waals surface area contributed by atoms with Gasteiger partial charge in [0.15, 0.2) is 0 Å². The van der Waals surface area contributed by atoms with Crippen molar-refractivity contribution >= 4 is 11.4 Å². The van der Waals surface area contributed by atoms with Gasteiger partial charge in [-0.15, -0.1) is 0 Å². The summed E-state index contributed by atoms with van der Waals surface area (Å²) in [7, 11) is 0. The minimum absolute atomic E-state index is 0.807. The molecule has 0 radical (unpaired) electrons. The Balaban J connectivity index is 2.49. The molecule has 1 aliphatic rings. The second kappa shape index (κ2) is 2.43. The number of rotatable bonds is 0. The van der Waals surface area contributed by atoms with E-state index >= 15 is 0 Å². The van der Waals surface area contributed by atoms with Crippen molar-refractivity contribution in [1.29, 1.82) is 0 Å². The number of anilines is 2. The van der Waals surface area contributed by atoms with Crippen molar-refractivity contribution in [3.8, 4) is 0 Å². The van der Waals surface area contributed by atoms with Crippen LogP contribution in [0, 0.1) is 0 Å². The minimum atomic E-state index is 0.807. The first kappa shape index (κ1) is 6.49. The number of fused-ring (bicyclic) bond motifs is 1. The molecule has 3 nitrogen and oxygen atoms in total. The van der Waals surface area contributed by atoms with Crippen molar-refractivity contribution in [2.24, 2.45) is 0 Å². The summed E-state index contributed by atoms with van der Waals surface area (Å²) < 4.78 is 0. The van der Waals surface area contributed by atoms with Crippen molar-refractivity contribution in [2.75, 3.05) is 17.7 Å². The first-order chi connectivity index (χ1) is 5.38. The van der Waals surface area contributed by atoms with Gasteiger partial charge in [0.2, 0.25) is 0 Å². The van der Waals surface area contributed by atoms with Gasteiger partial charge in [0.05, 0.1) is 18.0 Å². The van der Waals surface area contributed by atoms with Crippen LogP contribution in [0.15, 0.2) is 18.2 Å². The van der Waals surface area contributed by atoms with Crippen LogP contribution in [0.4, 0.5) is 11.4 Å². The number of para-hydroxylation sites is 1. The molecule has 1 aliphatic heterocycles. The highest BCUT2D eigenvalue weighted by Gasteiger charge is 2.08. The van der Waals surface area contributed by atoms with Crippen molar-refractivity contribution < 1.29 is 0 Å². The molecule has 58 valence electrons. The fourth-order valence-electron chi connectivity index (χ4n) is 1.33. The summed E-state index contributed by atoms with van der Waals surface area (Å²) in [5, 5.41) is 6.40. The van der Waals surface area contributed by atoms with E-state index in [1.54, 1.807) is 0 Å². The van der Waals surface area contributed by atoms with E-state index in [0.717, 1.165) is 24.6 Å². The molecule has 3 heteroatoms. The zero-order chi connectivity index (χ0) is 7.68. The summed E-state index contributed by atoms with van der Waals surface area (Å²) >= 11 is 0. The Labute approximate surface area is 65.6 Å². The van der Waals surface area contributed by atoms with Crippen molar-refractivity contribution in [1.82, 2.24) is 5.32 Å². The van der Waals surface area contributed by atoms with Crippen LogP contribution in [0.2, 0.25) is 0 Å². The van der Waals surface area contributed by atoms with Crippen molar-refractivity contribution in [3.05, 3.63) is 23.8 Å². The number of nitrogens with one attached hydrogen (secondary N) is 2. The maximum Gasteiger partial charge on any atom is 0.0656 e. The van der Waals surface area contributed by atoms with E-state index in [1.807, 2.05) is 12.1 Å². The average molecular weight is 149 g/mol. The number of hydrogen-bond donors (Lipinski definition) is 3. The lowest BCUT2D eigenvalue weighted by Gasteiger charge is -2.20. The third-order valence-electron chi connectivity index (χ3n) is 1.89. The predicted octanol–water partition coefficient (Wildman–Crippen LogP) is 0.741. The second-order valence-corrected chi connectivity index (χ2v) is 2.66. The molecular weight excluding hydrogens is 138 g/mol. The fraction of sp³-hybridized carbons (Fsp3) is 0.250. The first-order valence-electron chi connectivity index (χ1n) is 3.70. The molecule has 1 aromatic rings. The first-order valence-corrected chi connectivity index (χ1v) is 3.70. The molecule has 0 bridgehead atoms. The van der Waals surface area contributed by atoms with Gasteiger partial charge >= 0.3 is 0 Å². The number of nitrogens with two attached hydrogens (primary N) is 1. The van der Waals surface area contributed by atoms with Crippen LogP contribution in [-0.4, -0.2) is 6.67 Å². The van der Waals surface area contributed by atoms with E-state index in [0.29, 0.717) is 0 Å². The lowest BCUT2D eigenvalue weighted by molar-refractivity contribution is 0.710. The molecule has 4 N–H and O–H groups in total. The van der Waals surface area contributed by atoms with Gasteiger partial charge in [0, 0.05) is 6.54 Å². The van der Waals surface area contributed by atoms with Gasteiger partial charge in [-0.25, -0.2) is 0 Å². The van der Waals surface area contributed by atoms with E-state index < -0.39 is 0 Å². The topological polar surface area (TPSA) is 50.1 Å². The van der Waals surface area contributed by atoms with Gasteiger partial charge in [0.25, 0.3) is 0 Å². The van der Waals surface area contributed by atoms with Crippen molar-refractivity contribution in [2.45, 2.75) is 6.54 Å². The smallest absolute Gasteiger partial charge is 0.0656 e. The largest absolute Gasteiger partial charge is 0.397 e. The molecule has 0 fully saturated rings. The van der Waals surface area contributed by atoms with Gasteiger partial charge in [-0.3, -0.25) is 5.32 Å². The molecule has 0 saturated heterocycles. The van der Waals surface area contributed by atoms with E-state index in [-0.39, 0.29) is 0 Å². The highest BCUT2D eigenvalue weighted by Crippen LogP contribution is 2.24. The Hall–Kier alpha value is -1.22. The minimum Gasteiger partial charge on any atom is -0.397 e. The third-order valence-corrected chi connectivity index (χ3v) is 1.89. The van der Waals surface area contributed by atoms with Crippen LogP contribution < -0.4 is 16.4 Å². The molecule has 2 rings (SSSR count). The molecule has 0 aliphatic carbocycles. The van der Waals surface area contributed by atoms with Gasteiger partial charge < -0.3 is 11.1 Å². The Kier molecular flexibility index (Phi) is 1.43. The molecule has 1 heterocycles. The summed E-state index contributed by atoms with van der Waals surface area (Å²) in [6, 6.07) is 5.96. The molecule has 1 aromatic carbocycles. The van der Waals surface area contributed by atoms with E-state index in [1.165, 1.54) is 5.56 Å². The van der Waals surface area contributed by atoms with Gasteiger partial charge in [-0.05, 0) is 11.6 Å². The van der Waals surface area contributed by atoms with Gasteiger partial charge in [-0.1, -0.05) is 12.1 Å². The van der Waals surface area contributed by atoms with Gasteiger partial charge in [0.1, 0.15) is 0 Å². The molecule has 11 heavy (non-hydrogen) atoms. The summed E-state index contributed by atoms with van der Waals surface area (Å²) in [5.74, 6) is 0. The van der Waals surface area contributed by atoms with Crippen LogP contribution in [0.25, 0.3) is 0 Å². The monoisotopic (exact) mass is 149 g/mol. The Morgan fingerprint density at radius 3 is 3.09 bits per heavy atom. The van der Waals surface area contributed by atoms with E-state index in [9.17, 15) is 0 Å². The Morgan fingerprint density at radius 2 is 2.27 bits per heavy atom. The summed E-state index contributed by atoms with van der Waals surface area (Å²) in [4.78, 5) is 0. The zero-order valence-electron chi connectivity index (χ0n) is 6.22. The second-order valence-electron chi connectivity index (χ2n) is 2.66. The zero-order valence-corrected chi connectivity index (χ0v) is 6.22. The summed E-state index contributed by atoms with van der Waals surface area (Å²) in [6.07, 6.45) is 0. The maximum absolute atomic E-state index is 5.75. The number of benzene rings is 1. The van der Waals surface area contributed by atoms with Crippen molar-refractivity contribution in [3.63, 3.8) is 0 Å². The number of nitrogen functional groups attached to an aromatic ring is 1. The summed E-state index contributed by atoms with van der Waals surface area (Å²) in [6.45, 7) is 1.72. The normalized spacial score (nSPS) is 15.3. The summed E-state index contributed by atoms with van der Waals surface area (Å²) in [5.41, 5.74) is 8.92. The van der Waals surface area contributed by atoms with Crippen LogP contribution >= 0.6 is 0 Å². The van der Waals surface area contributed by atoms with Crippen LogP contribution in [0.1, 0.15) is 5.56 Å². The predicted molar refractivity (Wildman–Crippen MR) is 46.2 cm³/mol. The SMILES string of the molecule is Nc1cccc2c1NCNC2. The maximum atomic E-state index is 5.75. The lowest BCUT2D eigenvalue weighted by atomic mass is 10.1. The average Bonchev–Trinajstić information content (AvgIpc) is 2.06. The molecule has 0 atom stereocenters. The number of hydrogen-bond acceptors (Lipinski definition) is 3. The highest BCUT2D eigenvalue weighted by atomic mass is 15.1. The van der Waals surface area contributed by atoms with E-state index in [4.69, 9.17) is 5.73 Å². The fourth-order valence-corrected chi connectivity index (χ4v) is 1.33. The molecule has 0 spiro atoms. The third kappa shape index (κ3) is 1.03.